The predicted molar refractivity (Wildman–Crippen MR) is 96.0 cm³/mol. The summed E-state index contributed by atoms with van der Waals surface area (Å²) < 4.78 is 6.05. The zero-order valence-corrected chi connectivity index (χ0v) is 15.2. The monoisotopic (exact) mass is 344 g/mol. The lowest BCUT2D eigenvalue weighted by Crippen LogP contribution is -2.53. The summed E-state index contributed by atoms with van der Waals surface area (Å²) >= 11 is 0. The highest BCUT2D eigenvalue weighted by Crippen LogP contribution is 2.28. The van der Waals surface area contributed by atoms with E-state index < -0.39 is 0 Å². The Bertz CT molecular complexity index is 604. The van der Waals surface area contributed by atoms with Crippen LogP contribution >= 0.6 is 0 Å². The van der Waals surface area contributed by atoms with Crippen LogP contribution in [0.5, 0.6) is 0 Å². The number of nitrogens with zero attached hydrogens (tertiary/aromatic N) is 2. The largest absolute Gasteiger partial charge is 0.367 e. The van der Waals surface area contributed by atoms with E-state index >= 15 is 0 Å². The molecule has 25 heavy (non-hydrogen) atoms. The van der Waals surface area contributed by atoms with Crippen molar-refractivity contribution >= 4 is 11.8 Å². The van der Waals surface area contributed by atoms with E-state index in [2.05, 4.69) is 0 Å². The van der Waals surface area contributed by atoms with Crippen molar-refractivity contribution in [1.29, 1.82) is 0 Å². The average molecular weight is 344 g/mol. The summed E-state index contributed by atoms with van der Waals surface area (Å²) in [5, 5.41) is 0. The molecule has 0 bridgehead atoms. The van der Waals surface area contributed by atoms with E-state index in [-0.39, 0.29) is 30.1 Å². The Labute approximate surface area is 149 Å². The highest BCUT2D eigenvalue weighted by molar-refractivity contribution is 5.88. The van der Waals surface area contributed by atoms with Crippen molar-refractivity contribution in [3.05, 3.63) is 35.9 Å². The van der Waals surface area contributed by atoms with E-state index in [0.717, 1.165) is 24.8 Å². The first-order valence-corrected chi connectivity index (χ1v) is 9.38. The van der Waals surface area contributed by atoms with Gasteiger partial charge in [0.15, 0.2) is 0 Å². The third kappa shape index (κ3) is 4.03. The summed E-state index contributed by atoms with van der Waals surface area (Å²) in [5.74, 6) is 0.192. The Hall–Kier alpha value is -1.88. The van der Waals surface area contributed by atoms with Crippen LogP contribution in [0.3, 0.4) is 0 Å². The molecule has 2 aliphatic heterocycles. The Kier molecular flexibility index (Phi) is 5.74. The third-order valence-electron chi connectivity index (χ3n) is 5.07. The molecule has 0 radical (unpaired) electrons. The summed E-state index contributed by atoms with van der Waals surface area (Å²) in [7, 11) is 0. The summed E-state index contributed by atoms with van der Waals surface area (Å²) in [4.78, 5) is 29.1. The molecule has 2 amide bonds. The predicted octanol–water partition coefficient (Wildman–Crippen LogP) is 2.77. The van der Waals surface area contributed by atoms with Gasteiger partial charge in [0, 0.05) is 19.5 Å². The molecule has 0 saturated carbocycles. The van der Waals surface area contributed by atoms with Crippen molar-refractivity contribution < 1.29 is 14.3 Å². The smallest absolute Gasteiger partial charge is 0.245 e. The summed E-state index contributed by atoms with van der Waals surface area (Å²) in [5.41, 5.74) is 1.09. The van der Waals surface area contributed by atoms with Crippen molar-refractivity contribution in [1.82, 2.24) is 9.80 Å². The number of rotatable bonds is 4. The van der Waals surface area contributed by atoms with Gasteiger partial charge in [-0.15, -0.1) is 0 Å². The normalized spacial score (nSPS) is 26.7. The molecule has 2 saturated heterocycles. The van der Waals surface area contributed by atoms with E-state index in [1.165, 1.54) is 0 Å². The molecular formula is C20H28N2O3. The zero-order valence-electron chi connectivity index (χ0n) is 15.2. The molecule has 3 rings (SSSR count). The lowest BCUT2D eigenvalue weighted by atomic mass is 10.1. The number of ether oxygens (including phenoxy) is 1. The molecule has 136 valence electrons. The van der Waals surface area contributed by atoms with Crippen LogP contribution in [0, 0.1) is 0 Å². The maximum Gasteiger partial charge on any atom is 0.245 e. The van der Waals surface area contributed by atoms with Crippen LogP contribution in [0.2, 0.25) is 0 Å². The molecule has 1 aromatic rings. The van der Waals surface area contributed by atoms with Crippen molar-refractivity contribution in [2.45, 2.75) is 57.8 Å². The molecule has 2 aliphatic rings. The minimum absolute atomic E-state index is 0.0101. The molecule has 0 aromatic heterocycles. The van der Waals surface area contributed by atoms with Crippen molar-refractivity contribution in [2.75, 3.05) is 19.6 Å². The lowest BCUT2D eigenvalue weighted by Gasteiger charge is -2.39. The second kappa shape index (κ2) is 8.00. The van der Waals surface area contributed by atoms with Gasteiger partial charge in [-0.1, -0.05) is 37.3 Å². The molecule has 1 aromatic carbocycles. The van der Waals surface area contributed by atoms with Crippen molar-refractivity contribution in [3.63, 3.8) is 0 Å². The number of carbonyl (C=O) groups is 2. The zero-order chi connectivity index (χ0) is 17.8. The van der Waals surface area contributed by atoms with E-state index in [4.69, 9.17) is 4.74 Å². The quantitative estimate of drug-likeness (QED) is 0.844. The van der Waals surface area contributed by atoms with Gasteiger partial charge in [0.25, 0.3) is 0 Å². The fourth-order valence-electron chi connectivity index (χ4n) is 3.87. The number of benzene rings is 1. The van der Waals surface area contributed by atoms with Gasteiger partial charge in [-0.05, 0) is 31.7 Å². The Morgan fingerprint density at radius 1 is 1.20 bits per heavy atom. The second-order valence-electron chi connectivity index (χ2n) is 7.08. The van der Waals surface area contributed by atoms with E-state index in [1.807, 2.05) is 49.1 Å². The molecule has 2 fully saturated rings. The number of amides is 2. The topological polar surface area (TPSA) is 49.9 Å². The summed E-state index contributed by atoms with van der Waals surface area (Å²) in [6.07, 6.45) is 2.92. The van der Waals surface area contributed by atoms with E-state index in [9.17, 15) is 9.59 Å². The standard InChI is InChI=1S/C20H28N2O3/c1-3-8-19(23)22-12-7-11-17(22)20(24)21-13-15(2)25-18(14-21)16-9-5-4-6-10-16/h4-6,9-10,15,17-18H,3,7-8,11-14H2,1-2H3. The second-order valence-corrected chi connectivity index (χ2v) is 7.08. The van der Waals surface area contributed by atoms with Gasteiger partial charge in [0.1, 0.15) is 12.1 Å². The maximum absolute atomic E-state index is 13.1. The highest BCUT2D eigenvalue weighted by Gasteiger charge is 2.39. The molecule has 2 heterocycles. The minimum atomic E-state index is -0.291. The SMILES string of the molecule is CCCC(=O)N1CCCC1C(=O)N1CC(C)OC(c2ccccc2)C1. The Morgan fingerprint density at radius 2 is 1.96 bits per heavy atom. The van der Waals surface area contributed by atoms with E-state index in [0.29, 0.717) is 26.1 Å². The van der Waals surface area contributed by atoms with E-state index in [1.54, 1.807) is 4.90 Å². The van der Waals surface area contributed by atoms with Gasteiger partial charge in [-0.3, -0.25) is 9.59 Å². The van der Waals surface area contributed by atoms with Crippen LogP contribution in [0.25, 0.3) is 0 Å². The van der Waals surface area contributed by atoms with Crippen LogP contribution in [0.4, 0.5) is 0 Å². The molecule has 3 unspecified atom stereocenters. The first kappa shape index (κ1) is 17.9. The Morgan fingerprint density at radius 3 is 2.68 bits per heavy atom. The Balaban J connectivity index is 1.71. The minimum Gasteiger partial charge on any atom is -0.367 e. The summed E-state index contributed by atoms with van der Waals surface area (Å²) in [6, 6.07) is 9.75. The van der Waals surface area contributed by atoms with Crippen molar-refractivity contribution in [2.24, 2.45) is 0 Å². The number of morpholine rings is 1. The molecular weight excluding hydrogens is 316 g/mol. The number of carbonyl (C=O) groups excluding carboxylic acids is 2. The first-order chi connectivity index (χ1) is 12.1. The number of hydrogen-bond acceptors (Lipinski definition) is 3. The van der Waals surface area contributed by atoms with Gasteiger partial charge in [0.2, 0.25) is 11.8 Å². The van der Waals surface area contributed by atoms with Crippen LogP contribution in [0.1, 0.15) is 51.2 Å². The molecule has 5 heteroatoms. The fourth-order valence-corrected chi connectivity index (χ4v) is 3.87. The van der Waals surface area contributed by atoms with Gasteiger partial charge >= 0.3 is 0 Å². The first-order valence-electron chi connectivity index (χ1n) is 9.38. The van der Waals surface area contributed by atoms with Gasteiger partial charge in [0.05, 0.1) is 12.6 Å². The molecule has 0 N–H and O–H groups in total. The summed E-state index contributed by atoms with van der Waals surface area (Å²) in [6.45, 7) is 5.86. The average Bonchev–Trinajstić information content (AvgIpc) is 3.11. The maximum atomic E-state index is 13.1. The van der Waals surface area contributed by atoms with Gasteiger partial charge in [-0.25, -0.2) is 0 Å². The lowest BCUT2D eigenvalue weighted by molar-refractivity contribution is -0.153. The third-order valence-corrected chi connectivity index (χ3v) is 5.07. The van der Waals surface area contributed by atoms with Crippen LogP contribution < -0.4 is 0 Å². The van der Waals surface area contributed by atoms with Crippen LogP contribution in [0.15, 0.2) is 30.3 Å². The number of likely N-dealkylation sites (tertiary alicyclic amines) is 1. The van der Waals surface area contributed by atoms with Gasteiger partial charge < -0.3 is 14.5 Å². The number of hydrogen-bond donors (Lipinski definition) is 0. The molecule has 3 atom stereocenters. The highest BCUT2D eigenvalue weighted by atomic mass is 16.5. The van der Waals surface area contributed by atoms with Crippen LogP contribution in [-0.2, 0) is 14.3 Å². The van der Waals surface area contributed by atoms with Crippen molar-refractivity contribution in [3.8, 4) is 0 Å². The molecule has 0 aliphatic carbocycles. The molecule has 5 nitrogen and oxygen atoms in total. The van der Waals surface area contributed by atoms with Crippen LogP contribution in [-0.4, -0.2) is 53.4 Å². The van der Waals surface area contributed by atoms with Gasteiger partial charge in [-0.2, -0.15) is 0 Å². The molecule has 0 spiro atoms. The fraction of sp³-hybridized carbons (Fsp3) is 0.600.